The smallest absolute Gasteiger partial charge is 0.151 e. The summed E-state index contributed by atoms with van der Waals surface area (Å²) in [5.41, 5.74) is 0.436. The van der Waals surface area contributed by atoms with Gasteiger partial charge in [-0.1, -0.05) is 18.5 Å². The second-order valence-corrected chi connectivity index (χ2v) is 6.56. The van der Waals surface area contributed by atoms with E-state index in [-0.39, 0.29) is 23.9 Å². The van der Waals surface area contributed by atoms with Crippen LogP contribution in [-0.4, -0.2) is 26.5 Å². The van der Waals surface area contributed by atoms with Gasteiger partial charge in [-0.25, -0.2) is 12.8 Å². The average Bonchev–Trinajstić information content (AvgIpc) is 2.29. The fourth-order valence-corrected chi connectivity index (χ4v) is 2.21. The van der Waals surface area contributed by atoms with Crippen LogP contribution in [0.3, 0.4) is 0 Å². The minimum Gasteiger partial charge on any atom is -0.312 e. The normalized spacial score (nSPS) is 11.7. The molecule has 0 saturated carbocycles. The van der Waals surface area contributed by atoms with Crippen LogP contribution in [0, 0.1) is 5.82 Å². The summed E-state index contributed by atoms with van der Waals surface area (Å²) in [4.78, 5) is 0. The Morgan fingerprint density at radius 2 is 2.12 bits per heavy atom. The lowest BCUT2D eigenvalue weighted by Gasteiger charge is -2.06. The highest BCUT2D eigenvalue weighted by Crippen LogP contribution is 2.14. The zero-order valence-corrected chi connectivity index (χ0v) is 11.1. The van der Waals surface area contributed by atoms with Gasteiger partial charge in [0.1, 0.15) is 5.82 Å². The quantitative estimate of drug-likeness (QED) is 0.810. The minimum absolute atomic E-state index is 0.0612. The molecule has 0 spiro atoms. The maximum Gasteiger partial charge on any atom is 0.151 e. The highest BCUT2D eigenvalue weighted by molar-refractivity contribution is 7.91. The first-order chi connectivity index (χ1) is 7.94. The van der Waals surface area contributed by atoms with Gasteiger partial charge in [0.2, 0.25) is 0 Å². The van der Waals surface area contributed by atoms with Gasteiger partial charge in [0, 0.05) is 29.4 Å². The predicted molar refractivity (Wildman–Crippen MR) is 67.4 cm³/mol. The molecule has 0 radical (unpaired) electrons. The molecule has 6 heteroatoms. The van der Waals surface area contributed by atoms with Crippen LogP contribution in [0.2, 0.25) is 5.02 Å². The lowest BCUT2D eigenvalue weighted by atomic mass is 10.2. The third-order valence-electron chi connectivity index (χ3n) is 2.35. The van der Waals surface area contributed by atoms with E-state index in [2.05, 4.69) is 5.32 Å². The molecule has 1 aromatic carbocycles. The van der Waals surface area contributed by atoms with E-state index in [1.807, 2.05) is 0 Å². The number of rotatable bonds is 6. The summed E-state index contributed by atoms with van der Waals surface area (Å²) < 4.78 is 35.7. The monoisotopic (exact) mass is 279 g/mol. The Morgan fingerprint density at radius 3 is 2.76 bits per heavy atom. The lowest BCUT2D eigenvalue weighted by molar-refractivity contribution is 0.583. The second kappa shape index (κ2) is 6.33. The van der Waals surface area contributed by atoms with Gasteiger partial charge in [-0.3, -0.25) is 0 Å². The Morgan fingerprint density at radius 1 is 1.41 bits per heavy atom. The molecule has 0 amide bonds. The molecule has 0 aliphatic carbocycles. The lowest BCUT2D eigenvalue weighted by Crippen LogP contribution is -2.23. The molecule has 1 aromatic rings. The largest absolute Gasteiger partial charge is 0.312 e. The summed E-state index contributed by atoms with van der Waals surface area (Å²) >= 11 is 5.73. The number of benzene rings is 1. The van der Waals surface area contributed by atoms with Gasteiger partial charge in [-0.2, -0.15) is 0 Å². The first-order valence-corrected chi connectivity index (χ1v) is 7.49. The maximum atomic E-state index is 13.3. The van der Waals surface area contributed by atoms with Gasteiger partial charge in [-0.15, -0.1) is 0 Å². The van der Waals surface area contributed by atoms with E-state index in [4.69, 9.17) is 11.6 Å². The van der Waals surface area contributed by atoms with E-state index in [0.717, 1.165) is 0 Å². The van der Waals surface area contributed by atoms with Crippen LogP contribution in [0.4, 0.5) is 4.39 Å². The number of hydrogen-bond donors (Lipinski definition) is 1. The van der Waals surface area contributed by atoms with Gasteiger partial charge < -0.3 is 5.32 Å². The maximum absolute atomic E-state index is 13.3. The number of halogens is 2. The van der Waals surface area contributed by atoms with Gasteiger partial charge >= 0.3 is 0 Å². The Kier molecular flexibility index (Phi) is 5.36. The Bertz CT molecular complexity index is 476. The Labute approximate surface area is 106 Å². The molecule has 0 atom stereocenters. The molecule has 17 heavy (non-hydrogen) atoms. The first kappa shape index (κ1) is 14.4. The molecular weight excluding hydrogens is 265 g/mol. The van der Waals surface area contributed by atoms with E-state index in [1.165, 1.54) is 18.2 Å². The zero-order valence-electron chi connectivity index (χ0n) is 9.54. The van der Waals surface area contributed by atoms with E-state index in [1.54, 1.807) is 6.92 Å². The van der Waals surface area contributed by atoms with Crippen molar-refractivity contribution in [2.24, 2.45) is 0 Å². The van der Waals surface area contributed by atoms with E-state index < -0.39 is 9.84 Å². The molecule has 0 heterocycles. The summed E-state index contributed by atoms with van der Waals surface area (Å²) in [6, 6.07) is 4.29. The third kappa shape index (κ3) is 5.02. The molecular formula is C11H15ClFNO2S. The first-order valence-electron chi connectivity index (χ1n) is 5.29. The van der Waals surface area contributed by atoms with Crippen LogP contribution in [-0.2, 0) is 16.4 Å². The molecule has 0 fully saturated rings. The highest BCUT2D eigenvalue weighted by Gasteiger charge is 2.07. The van der Waals surface area contributed by atoms with E-state index >= 15 is 0 Å². The topological polar surface area (TPSA) is 46.2 Å². The van der Waals surface area contributed by atoms with Crippen LogP contribution in [0.1, 0.15) is 12.5 Å². The van der Waals surface area contributed by atoms with Gasteiger partial charge in [-0.05, 0) is 18.2 Å². The molecule has 0 unspecified atom stereocenters. The highest BCUT2D eigenvalue weighted by atomic mass is 35.5. The number of hydrogen-bond acceptors (Lipinski definition) is 3. The Hall–Kier alpha value is -0.650. The van der Waals surface area contributed by atoms with E-state index in [0.29, 0.717) is 17.1 Å². The number of nitrogens with one attached hydrogen (secondary N) is 1. The summed E-state index contributed by atoms with van der Waals surface area (Å²) in [6.45, 7) is 2.18. The van der Waals surface area contributed by atoms with Crippen LogP contribution >= 0.6 is 11.6 Å². The van der Waals surface area contributed by atoms with Crippen LogP contribution < -0.4 is 5.32 Å². The van der Waals surface area contributed by atoms with Crippen molar-refractivity contribution in [3.8, 4) is 0 Å². The van der Waals surface area contributed by atoms with Crippen molar-refractivity contribution in [2.75, 3.05) is 18.1 Å². The molecule has 96 valence electrons. The van der Waals surface area contributed by atoms with Crippen molar-refractivity contribution in [2.45, 2.75) is 13.5 Å². The summed E-state index contributed by atoms with van der Waals surface area (Å²) in [5.74, 6) is -0.161. The second-order valence-electron chi connectivity index (χ2n) is 3.65. The fraction of sp³-hybridized carbons (Fsp3) is 0.455. The molecule has 0 saturated heterocycles. The third-order valence-corrected chi connectivity index (χ3v) is 4.29. The van der Waals surface area contributed by atoms with E-state index in [9.17, 15) is 12.8 Å². The molecule has 0 aliphatic rings. The average molecular weight is 280 g/mol. The predicted octanol–water partition coefficient (Wildman–Crippen LogP) is 2.00. The van der Waals surface area contributed by atoms with Crippen LogP contribution in [0.5, 0.6) is 0 Å². The van der Waals surface area contributed by atoms with Crippen molar-refractivity contribution in [3.05, 3.63) is 34.6 Å². The standard InChI is InChI=1S/C11H15ClFNO2S/c1-2-17(15,16)6-5-14-8-9-7-10(12)3-4-11(9)13/h3-4,7,14H,2,5-6,8H2,1H3. The van der Waals surface area contributed by atoms with Crippen molar-refractivity contribution < 1.29 is 12.8 Å². The van der Waals surface area contributed by atoms with Crippen LogP contribution in [0.25, 0.3) is 0 Å². The SMILES string of the molecule is CCS(=O)(=O)CCNCc1cc(Cl)ccc1F. The molecule has 1 N–H and O–H groups in total. The van der Waals surface area contributed by atoms with Gasteiger partial charge in [0.05, 0.1) is 5.75 Å². The Balaban J connectivity index is 2.44. The molecule has 0 aromatic heterocycles. The molecule has 0 bridgehead atoms. The van der Waals surface area contributed by atoms with Crippen LogP contribution in [0.15, 0.2) is 18.2 Å². The molecule has 0 aliphatic heterocycles. The zero-order chi connectivity index (χ0) is 12.9. The summed E-state index contributed by atoms with van der Waals surface area (Å²) in [7, 11) is -2.97. The van der Waals surface area contributed by atoms with Crippen molar-refractivity contribution in [1.82, 2.24) is 5.32 Å². The van der Waals surface area contributed by atoms with Gasteiger partial charge in [0.25, 0.3) is 0 Å². The minimum atomic E-state index is -2.97. The summed E-state index contributed by atoms with van der Waals surface area (Å²) in [5, 5.41) is 3.34. The summed E-state index contributed by atoms with van der Waals surface area (Å²) in [6.07, 6.45) is 0. The van der Waals surface area contributed by atoms with Crippen molar-refractivity contribution in [1.29, 1.82) is 0 Å². The van der Waals surface area contributed by atoms with Gasteiger partial charge in [0.15, 0.2) is 9.84 Å². The fourth-order valence-electron chi connectivity index (χ4n) is 1.27. The van der Waals surface area contributed by atoms with Crippen molar-refractivity contribution >= 4 is 21.4 Å². The molecule has 3 nitrogen and oxygen atoms in total. The number of sulfone groups is 1. The molecule has 1 rings (SSSR count). The van der Waals surface area contributed by atoms with Crippen molar-refractivity contribution in [3.63, 3.8) is 0 Å².